The highest BCUT2D eigenvalue weighted by molar-refractivity contribution is 7.15. The van der Waals surface area contributed by atoms with Crippen molar-refractivity contribution in [3.8, 4) is 0 Å². The molecule has 1 atom stereocenters. The van der Waals surface area contributed by atoms with E-state index in [1.54, 1.807) is 0 Å². The average molecular weight is 355 g/mol. The minimum absolute atomic E-state index is 0.0808. The van der Waals surface area contributed by atoms with Crippen LogP contribution in [0.2, 0.25) is 0 Å². The Balaban J connectivity index is 1.66. The molecule has 128 valence electrons. The minimum Gasteiger partial charge on any atom is -0.308 e. The van der Waals surface area contributed by atoms with Crippen LogP contribution >= 0.6 is 11.3 Å². The zero-order valence-electron chi connectivity index (χ0n) is 12.9. The lowest BCUT2D eigenvalue weighted by atomic mass is 9.93. The Bertz CT molecular complexity index is 757. The first-order chi connectivity index (χ1) is 11.3. The number of hydrogen-bond donors (Lipinski definition) is 2. The van der Waals surface area contributed by atoms with Crippen LogP contribution in [0.15, 0.2) is 24.3 Å². The van der Waals surface area contributed by atoms with Crippen LogP contribution in [0.4, 0.5) is 28.8 Å². The maximum absolute atomic E-state index is 12.7. The number of benzene rings is 1. The lowest BCUT2D eigenvalue weighted by molar-refractivity contribution is -0.137. The van der Waals surface area contributed by atoms with Crippen molar-refractivity contribution in [1.29, 1.82) is 0 Å². The molecule has 0 spiro atoms. The van der Waals surface area contributed by atoms with Crippen LogP contribution in [0.25, 0.3) is 0 Å². The number of amides is 2. The van der Waals surface area contributed by atoms with Crippen LogP contribution in [-0.2, 0) is 19.0 Å². The van der Waals surface area contributed by atoms with Gasteiger partial charge in [-0.1, -0.05) is 13.0 Å². The van der Waals surface area contributed by atoms with Crippen molar-refractivity contribution in [3.05, 3.63) is 40.4 Å². The van der Waals surface area contributed by atoms with Crippen molar-refractivity contribution in [1.82, 2.24) is 4.98 Å². The van der Waals surface area contributed by atoms with E-state index in [0.29, 0.717) is 11.0 Å². The van der Waals surface area contributed by atoms with Crippen molar-refractivity contribution in [2.24, 2.45) is 5.92 Å². The molecule has 2 N–H and O–H groups in total. The highest BCUT2D eigenvalue weighted by Gasteiger charge is 2.30. The van der Waals surface area contributed by atoms with Gasteiger partial charge in [-0.25, -0.2) is 9.78 Å². The summed E-state index contributed by atoms with van der Waals surface area (Å²) >= 11 is 1.42. The summed E-state index contributed by atoms with van der Waals surface area (Å²) in [6.45, 7) is 2.18. The van der Waals surface area contributed by atoms with Crippen molar-refractivity contribution >= 4 is 28.2 Å². The molecule has 8 heteroatoms. The first-order valence-electron chi connectivity index (χ1n) is 7.55. The largest absolute Gasteiger partial charge is 0.416 e. The number of rotatable bonds is 2. The Labute approximate surface area is 141 Å². The summed E-state index contributed by atoms with van der Waals surface area (Å²) in [5.74, 6) is 0.602. The molecule has 0 saturated heterocycles. The number of thiazole rings is 1. The number of anilines is 2. The molecule has 1 aromatic heterocycles. The maximum Gasteiger partial charge on any atom is 0.416 e. The van der Waals surface area contributed by atoms with E-state index in [9.17, 15) is 18.0 Å². The fourth-order valence-corrected chi connectivity index (χ4v) is 3.79. The molecule has 24 heavy (non-hydrogen) atoms. The number of carbonyl (C=O) groups is 1. The number of urea groups is 1. The van der Waals surface area contributed by atoms with Crippen molar-refractivity contribution in [2.45, 2.75) is 32.4 Å². The second kappa shape index (κ2) is 6.43. The topological polar surface area (TPSA) is 54.0 Å². The molecule has 1 aromatic carbocycles. The fourth-order valence-electron chi connectivity index (χ4n) is 2.63. The molecular weight excluding hydrogens is 339 g/mol. The van der Waals surface area contributed by atoms with Crippen LogP contribution in [0.1, 0.15) is 29.5 Å². The molecule has 2 aromatic rings. The molecule has 1 aliphatic rings. The van der Waals surface area contributed by atoms with E-state index in [2.05, 4.69) is 22.5 Å². The van der Waals surface area contributed by atoms with Gasteiger partial charge in [0.2, 0.25) is 0 Å². The second-order valence-corrected chi connectivity index (χ2v) is 6.98. The van der Waals surface area contributed by atoms with Gasteiger partial charge in [-0.3, -0.25) is 5.32 Å². The quantitative estimate of drug-likeness (QED) is 0.802. The number of aromatic nitrogens is 1. The predicted molar refractivity (Wildman–Crippen MR) is 87.4 cm³/mol. The first kappa shape index (κ1) is 16.8. The van der Waals surface area contributed by atoms with E-state index in [1.165, 1.54) is 28.3 Å². The molecule has 0 radical (unpaired) electrons. The van der Waals surface area contributed by atoms with Gasteiger partial charge in [0.15, 0.2) is 5.13 Å². The Morgan fingerprint density at radius 1 is 1.33 bits per heavy atom. The zero-order valence-corrected chi connectivity index (χ0v) is 13.7. The Morgan fingerprint density at radius 3 is 2.88 bits per heavy atom. The van der Waals surface area contributed by atoms with Gasteiger partial charge in [0.1, 0.15) is 0 Å². The van der Waals surface area contributed by atoms with Gasteiger partial charge < -0.3 is 5.32 Å². The van der Waals surface area contributed by atoms with Crippen LogP contribution in [0, 0.1) is 5.92 Å². The second-order valence-electron chi connectivity index (χ2n) is 5.89. The molecule has 1 heterocycles. The Morgan fingerprint density at radius 2 is 2.12 bits per heavy atom. The lowest BCUT2D eigenvalue weighted by Crippen LogP contribution is -2.19. The van der Waals surface area contributed by atoms with Gasteiger partial charge in [-0.15, -0.1) is 11.3 Å². The van der Waals surface area contributed by atoms with Gasteiger partial charge in [-0.05, 0) is 43.4 Å². The number of nitrogens with zero attached hydrogens (tertiary/aromatic N) is 1. The summed E-state index contributed by atoms with van der Waals surface area (Å²) in [7, 11) is 0. The van der Waals surface area contributed by atoms with Gasteiger partial charge in [0.25, 0.3) is 0 Å². The van der Waals surface area contributed by atoms with E-state index in [4.69, 9.17) is 0 Å². The summed E-state index contributed by atoms with van der Waals surface area (Å²) < 4.78 is 38.0. The number of carbonyl (C=O) groups excluding carboxylic acids is 1. The van der Waals surface area contributed by atoms with E-state index in [0.717, 1.165) is 37.1 Å². The highest BCUT2D eigenvalue weighted by Crippen LogP contribution is 2.33. The number of halogens is 3. The number of aryl methyl sites for hydroxylation is 1. The fraction of sp³-hybridized carbons (Fsp3) is 0.375. The van der Waals surface area contributed by atoms with Crippen molar-refractivity contribution in [3.63, 3.8) is 0 Å². The third kappa shape index (κ3) is 3.87. The number of nitrogens with one attached hydrogen (secondary N) is 2. The summed E-state index contributed by atoms with van der Waals surface area (Å²) in [6.07, 6.45) is -1.53. The lowest BCUT2D eigenvalue weighted by Gasteiger charge is -2.15. The summed E-state index contributed by atoms with van der Waals surface area (Å²) in [4.78, 5) is 17.5. The molecule has 0 fully saturated rings. The van der Waals surface area contributed by atoms with Gasteiger partial charge in [0, 0.05) is 10.6 Å². The van der Waals surface area contributed by atoms with Gasteiger partial charge in [0.05, 0.1) is 11.3 Å². The maximum atomic E-state index is 12.7. The molecule has 4 nitrogen and oxygen atoms in total. The molecular formula is C16H16F3N3OS. The molecule has 3 rings (SSSR count). The summed E-state index contributed by atoms with van der Waals surface area (Å²) in [5.41, 5.74) is 0.281. The predicted octanol–water partition coefficient (Wildman–Crippen LogP) is 4.93. The number of fused-ring (bicyclic) bond motifs is 1. The molecule has 0 bridgehead atoms. The van der Waals surface area contributed by atoms with Crippen molar-refractivity contribution < 1.29 is 18.0 Å². The SMILES string of the molecule is CC1CCc2nc(NC(=O)Nc3cccc(C(F)(F)F)c3)sc2C1. The smallest absolute Gasteiger partial charge is 0.308 e. The summed E-state index contributed by atoms with van der Waals surface area (Å²) in [6, 6.07) is 3.91. The van der Waals surface area contributed by atoms with Crippen LogP contribution in [0.3, 0.4) is 0 Å². The number of hydrogen-bond acceptors (Lipinski definition) is 3. The van der Waals surface area contributed by atoms with Gasteiger partial charge >= 0.3 is 12.2 Å². The first-order valence-corrected chi connectivity index (χ1v) is 8.37. The Kier molecular flexibility index (Phi) is 4.49. The van der Waals surface area contributed by atoms with E-state index in [-0.39, 0.29) is 5.69 Å². The molecule has 0 saturated carbocycles. The average Bonchev–Trinajstić information content (AvgIpc) is 2.87. The monoisotopic (exact) mass is 355 g/mol. The standard InChI is InChI=1S/C16H16F3N3OS/c1-9-5-6-12-13(7-9)24-15(21-12)22-14(23)20-11-4-2-3-10(8-11)16(17,18)19/h2-4,8-9H,5-7H2,1H3,(H2,20,21,22,23). The van der Waals surface area contributed by atoms with Crippen molar-refractivity contribution in [2.75, 3.05) is 10.6 Å². The van der Waals surface area contributed by atoms with Crippen LogP contribution < -0.4 is 10.6 Å². The van der Waals surface area contributed by atoms with E-state index in [1.807, 2.05) is 0 Å². The normalized spacial score (nSPS) is 17.2. The molecule has 1 unspecified atom stereocenters. The third-order valence-electron chi connectivity index (χ3n) is 3.85. The molecule has 1 aliphatic carbocycles. The Hall–Kier alpha value is -2.09. The highest BCUT2D eigenvalue weighted by atomic mass is 32.1. The van der Waals surface area contributed by atoms with Crippen LogP contribution in [0.5, 0.6) is 0 Å². The van der Waals surface area contributed by atoms with Crippen LogP contribution in [-0.4, -0.2) is 11.0 Å². The zero-order chi connectivity index (χ0) is 17.3. The van der Waals surface area contributed by atoms with E-state index >= 15 is 0 Å². The number of alkyl halides is 3. The minimum atomic E-state index is -4.45. The molecule has 0 aliphatic heterocycles. The summed E-state index contributed by atoms with van der Waals surface area (Å²) in [5, 5.41) is 5.48. The molecule has 2 amide bonds. The van der Waals surface area contributed by atoms with E-state index < -0.39 is 17.8 Å². The third-order valence-corrected chi connectivity index (χ3v) is 4.89. The van der Waals surface area contributed by atoms with Gasteiger partial charge in [-0.2, -0.15) is 13.2 Å².